The highest BCUT2D eigenvalue weighted by Gasteiger charge is 2.13. The Hall–Kier alpha value is -1.42. The fourth-order valence-electron chi connectivity index (χ4n) is 1.63. The number of ether oxygens (including phenoxy) is 3. The lowest BCUT2D eigenvalue weighted by molar-refractivity contribution is -0.366. The molecule has 0 saturated carbocycles. The molecule has 1 rings (SSSR count). The average Bonchev–Trinajstić information content (AvgIpc) is 2.36. The van der Waals surface area contributed by atoms with Gasteiger partial charge in [-0.1, -0.05) is 6.92 Å². The van der Waals surface area contributed by atoms with E-state index < -0.39 is 0 Å². The summed E-state index contributed by atoms with van der Waals surface area (Å²) in [5, 5.41) is 0. The minimum Gasteiger partial charge on any atom is -0.493 e. The summed E-state index contributed by atoms with van der Waals surface area (Å²) >= 11 is 0. The summed E-state index contributed by atoms with van der Waals surface area (Å²) in [6, 6.07) is 3.97. The monoisotopic (exact) mass is 240 g/mol. The predicted molar refractivity (Wildman–Crippen MR) is 66.8 cm³/mol. The van der Waals surface area contributed by atoms with Gasteiger partial charge in [0.15, 0.2) is 11.5 Å². The number of quaternary nitrogens is 1. The maximum Gasteiger partial charge on any atom is 0.203 e. The number of methoxy groups -OCH3 is 2. The molecule has 3 N–H and O–H groups in total. The van der Waals surface area contributed by atoms with E-state index in [0.717, 1.165) is 36.4 Å². The van der Waals surface area contributed by atoms with Crippen LogP contribution in [0.3, 0.4) is 0 Å². The zero-order valence-corrected chi connectivity index (χ0v) is 10.9. The Bertz CT molecular complexity index is 328. The van der Waals surface area contributed by atoms with Crippen LogP contribution in [-0.2, 0) is 6.42 Å². The second-order valence-corrected chi connectivity index (χ2v) is 3.78. The molecule has 1 aromatic rings. The fourth-order valence-corrected chi connectivity index (χ4v) is 1.63. The summed E-state index contributed by atoms with van der Waals surface area (Å²) in [7, 11) is 3.28. The van der Waals surface area contributed by atoms with Gasteiger partial charge in [-0.25, -0.2) is 0 Å². The number of hydrogen-bond acceptors (Lipinski definition) is 3. The second kappa shape index (κ2) is 7.01. The summed E-state index contributed by atoms with van der Waals surface area (Å²) in [5.74, 6) is 2.13. The van der Waals surface area contributed by atoms with E-state index in [1.54, 1.807) is 14.2 Å². The quantitative estimate of drug-likeness (QED) is 0.781. The molecular weight excluding hydrogens is 218 g/mol. The average molecular weight is 240 g/mol. The van der Waals surface area contributed by atoms with E-state index in [-0.39, 0.29) is 0 Å². The van der Waals surface area contributed by atoms with Gasteiger partial charge in [0.1, 0.15) is 0 Å². The predicted octanol–water partition coefficient (Wildman–Crippen LogP) is 1.28. The minimum atomic E-state index is 0.654. The highest BCUT2D eigenvalue weighted by atomic mass is 16.5. The first kappa shape index (κ1) is 13.6. The molecule has 0 bridgehead atoms. The van der Waals surface area contributed by atoms with Crippen molar-refractivity contribution in [3.8, 4) is 17.2 Å². The molecule has 4 heteroatoms. The van der Waals surface area contributed by atoms with E-state index >= 15 is 0 Å². The van der Waals surface area contributed by atoms with Crippen molar-refractivity contribution in [2.45, 2.75) is 19.8 Å². The third kappa shape index (κ3) is 3.53. The summed E-state index contributed by atoms with van der Waals surface area (Å²) in [5.41, 5.74) is 5.00. The molecule has 0 atom stereocenters. The van der Waals surface area contributed by atoms with Crippen molar-refractivity contribution in [2.75, 3.05) is 27.4 Å². The Morgan fingerprint density at radius 3 is 2.12 bits per heavy atom. The largest absolute Gasteiger partial charge is 0.493 e. The van der Waals surface area contributed by atoms with Crippen LogP contribution in [-0.4, -0.2) is 27.4 Å². The van der Waals surface area contributed by atoms with E-state index in [4.69, 9.17) is 14.2 Å². The number of benzene rings is 1. The van der Waals surface area contributed by atoms with Crippen LogP contribution in [0.15, 0.2) is 12.1 Å². The van der Waals surface area contributed by atoms with Crippen molar-refractivity contribution in [1.82, 2.24) is 0 Å². The van der Waals surface area contributed by atoms with Gasteiger partial charge in [0.2, 0.25) is 5.75 Å². The van der Waals surface area contributed by atoms with Crippen molar-refractivity contribution in [3.63, 3.8) is 0 Å². The third-order valence-electron chi connectivity index (χ3n) is 2.44. The molecule has 0 spiro atoms. The van der Waals surface area contributed by atoms with E-state index in [9.17, 15) is 0 Å². The van der Waals surface area contributed by atoms with E-state index in [1.807, 2.05) is 12.1 Å². The smallest absolute Gasteiger partial charge is 0.203 e. The Morgan fingerprint density at radius 1 is 1.12 bits per heavy atom. The molecule has 0 heterocycles. The Morgan fingerprint density at radius 2 is 1.71 bits per heavy atom. The number of hydrogen-bond donors (Lipinski definition) is 1. The van der Waals surface area contributed by atoms with Gasteiger partial charge in [0, 0.05) is 6.42 Å². The Balaban J connectivity index is 3.07. The van der Waals surface area contributed by atoms with Crippen LogP contribution < -0.4 is 19.9 Å². The molecule has 0 unspecified atom stereocenters. The molecule has 0 radical (unpaired) electrons. The molecular formula is C13H22NO3+. The van der Waals surface area contributed by atoms with Crippen LogP contribution in [0.4, 0.5) is 0 Å². The van der Waals surface area contributed by atoms with Gasteiger partial charge in [-0.3, -0.25) is 0 Å². The molecule has 0 aromatic heterocycles. The van der Waals surface area contributed by atoms with Gasteiger partial charge in [-0.2, -0.15) is 0 Å². The van der Waals surface area contributed by atoms with Crippen LogP contribution >= 0.6 is 0 Å². The lowest BCUT2D eigenvalue weighted by Gasteiger charge is -2.15. The maximum absolute atomic E-state index is 5.67. The van der Waals surface area contributed by atoms with Gasteiger partial charge < -0.3 is 19.9 Å². The van der Waals surface area contributed by atoms with Crippen LogP contribution in [0.1, 0.15) is 18.9 Å². The van der Waals surface area contributed by atoms with Crippen LogP contribution in [0, 0.1) is 0 Å². The van der Waals surface area contributed by atoms with Gasteiger partial charge in [0.25, 0.3) is 0 Å². The first-order chi connectivity index (χ1) is 8.26. The van der Waals surface area contributed by atoms with Crippen LogP contribution in [0.25, 0.3) is 0 Å². The zero-order chi connectivity index (χ0) is 12.7. The van der Waals surface area contributed by atoms with Gasteiger partial charge in [-0.05, 0) is 24.1 Å². The van der Waals surface area contributed by atoms with Crippen LogP contribution in [0.5, 0.6) is 17.2 Å². The first-order valence-electron chi connectivity index (χ1n) is 5.93. The molecule has 96 valence electrons. The second-order valence-electron chi connectivity index (χ2n) is 3.78. The summed E-state index contributed by atoms with van der Waals surface area (Å²) in [6.07, 6.45) is 1.85. The summed E-state index contributed by atoms with van der Waals surface area (Å²) < 4.78 is 16.4. The molecule has 0 aliphatic carbocycles. The number of rotatable bonds is 7. The molecule has 0 saturated heterocycles. The van der Waals surface area contributed by atoms with Crippen molar-refractivity contribution in [1.29, 1.82) is 0 Å². The topological polar surface area (TPSA) is 55.3 Å². The maximum atomic E-state index is 5.67. The molecule has 1 aromatic carbocycles. The lowest BCUT2D eigenvalue weighted by atomic mass is 10.1. The van der Waals surface area contributed by atoms with Crippen molar-refractivity contribution in [3.05, 3.63) is 17.7 Å². The molecule has 0 aliphatic heterocycles. The SMILES string of the molecule is CCCOc1c(OC)cc(CC[NH3+])cc1OC. The highest BCUT2D eigenvalue weighted by Crippen LogP contribution is 2.38. The molecule has 0 aliphatic rings. The lowest BCUT2D eigenvalue weighted by Crippen LogP contribution is -2.51. The molecule has 17 heavy (non-hydrogen) atoms. The molecule has 4 nitrogen and oxygen atoms in total. The van der Waals surface area contributed by atoms with Crippen LogP contribution in [0.2, 0.25) is 0 Å². The third-order valence-corrected chi connectivity index (χ3v) is 2.44. The van der Waals surface area contributed by atoms with Gasteiger partial charge in [-0.15, -0.1) is 0 Å². The normalized spacial score (nSPS) is 10.1. The molecule has 0 fully saturated rings. The standard InChI is InChI=1S/C13H21NO3/c1-4-7-17-13-11(15-2)8-10(5-6-14)9-12(13)16-3/h8-9H,4-7,14H2,1-3H3/p+1. The fraction of sp³-hybridized carbons (Fsp3) is 0.538. The Kier molecular flexibility index (Phi) is 5.63. The van der Waals surface area contributed by atoms with Crippen molar-refractivity contribution < 1.29 is 19.9 Å². The van der Waals surface area contributed by atoms with E-state index in [2.05, 4.69) is 12.7 Å². The molecule has 0 amide bonds. The van der Waals surface area contributed by atoms with Crippen molar-refractivity contribution in [2.24, 2.45) is 0 Å². The summed E-state index contributed by atoms with van der Waals surface area (Å²) in [4.78, 5) is 0. The van der Waals surface area contributed by atoms with Crippen molar-refractivity contribution >= 4 is 0 Å². The first-order valence-corrected chi connectivity index (χ1v) is 5.93. The minimum absolute atomic E-state index is 0.654. The summed E-state index contributed by atoms with van der Waals surface area (Å²) in [6.45, 7) is 3.57. The van der Waals surface area contributed by atoms with E-state index in [0.29, 0.717) is 12.4 Å². The highest BCUT2D eigenvalue weighted by molar-refractivity contribution is 5.53. The Labute approximate surface area is 103 Å². The van der Waals surface area contributed by atoms with Gasteiger partial charge >= 0.3 is 0 Å². The van der Waals surface area contributed by atoms with Gasteiger partial charge in [0.05, 0.1) is 27.4 Å². The van der Waals surface area contributed by atoms with E-state index in [1.165, 1.54) is 0 Å². The zero-order valence-electron chi connectivity index (χ0n) is 10.9.